The molecular formula is C5H6N2O3S. The van der Waals surface area contributed by atoms with Gasteiger partial charge >= 0.3 is 5.97 Å². The van der Waals surface area contributed by atoms with E-state index < -0.39 is 12.1 Å². The SMILES string of the molecule is O=C(O)C[C@@H](O)c1csnn1. The number of carbonyl (C=O) groups is 1. The van der Waals surface area contributed by atoms with Crippen LogP contribution in [0.4, 0.5) is 0 Å². The standard InChI is InChI=1S/C5H6N2O3S/c8-4(1-5(9)10)3-2-11-7-6-3/h2,4,8H,1H2,(H,9,10)/t4-/m1/s1. The molecule has 0 saturated carbocycles. The Morgan fingerprint density at radius 2 is 2.55 bits per heavy atom. The number of nitrogens with zero attached hydrogens (tertiary/aromatic N) is 2. The Morgan fingerprint density at radius 1 is 1.82 bits per heavy atom. The number of carboxylic acid groups (broad SMARTS) is 1. The third kappa shape index (κ3) is 2.24. The first-order valence-electron chi connectivity index (χ1n) is 2.87. The number of aromatic nitrogens is 2. The molecular weight excluding hydrogens is 168 g/mol. The number of hydrogen-bond donors (Lipinski definition) is 2. The molecule has 0 spiro atoms. The van der Waals surface area contributed by atoms with Crippen molar-refractivity contribution in [3.05, 3.63) is 11.1 Å². The minimum absolute atomic E-state index is 0.317. The summed E-state index contributed by atoms with van der Waals surface area (Å²) in [6.07, 6.45) is -1.36. The van der Waals surface area contributed by atoms with E-state index in [-0.39, 0.29) is 6.42 Å². The minimum atomic E-state index is -1.05. The van der Waals surface area contributed by atoms with Gasteiger partial charge in [-0.3, -0.25) is 4.79 Å². The maximum atomic E-state index is 10.1. The van der Waals surface area contributed by atoms with Crippen LogP contribution in [-0.4, -0.2) is 25.8 Å². The van der Waals surface area contributed by atoms with Crippen LogP contribution in [0, 0.1) is 0 Å². The van der Waals surface area contributed by atoms with E-state index in [1.54, 1.807) is 0 Å². The van der Waals surface area contributed by atoms with Gasteiger partial charge in [-0.15, -0.1) is 5.10 Å². The second-order valence-corrected chi connectivity index (χ2v) is 2.55. The van der Waals surface area contributed by atoms with Crippen LogP contribution in [-0.2, 0) is 4.79 Å². The van der Waals surface area contributed by atoms with E-state index in [1.165, 1.54) is 5.38 Å². The van der Waals surface area contributed by atoms with E-state index >= 15 is 0 Å². The number of rotatable bonds is 3. The topological polar surface area (TPSA) is 83.3 Å². The molecule has 0 aromatic carbocycles. The van der Waals surface area contributed by atoms with Crippen molar-refractivity contribution >= 4 is 17.5 Å². The predicted octanol–water partition coefficient (Wildman–Crippen LogP) is 0.0462. The van der Waals surface area contributed by atoms with Crippen LogP contribution in [0.5, 0.6) is 0 Å². The zero-order valence-corrected chi connectivity index (χ0v) is 6.28. The zero-order chi connectivity index (χ0) is 8.27. The van der Waals surface area contributed by atoms with E-state index in [0.717, 1.165) is 11.5 Å². The maximum Gasteiger partial charge on any atom is 0.306 e. The molecule has 0 saturated heterocycles. The average molecular weight is 174 g/mol. The van der Waals surface area contributed by atoms with Gasteiger partial charge in [0.2, 0.25) is 0 Å². The number of carboxylic acids is 1. The molecule has 5 nitrogen and oxygen atoms in total. The van der Waals surface area contributed by atoms with Crippen molar-refractivity contribution in [2.24, 2.45) is 0 Å². The van der Waals surface area contributed by atoms with Crippen molar-refractivity contribution in [2.75, 3.05) is 0 Å². The molecule has 0 fully saturated rings. The molecule has 0 amide bonds. The Labute approximate surface area is 66.5 Å². The van der Waals surface area contributed by atoms with Gasteiger partial charge < -0.3 is 10.2 Å². The monoisotopic (exact) mass is 174 g/mol. The van der Waals surface area contributed by atoms with Crippen LogP contribution in [0.15, 0.2) is 5.38 Å². The Morgan fingerprint density at radius 3 is 3.00 bits per heavy atom. The summed E-state index contributed by atoms with van der Waals surface area (Å²) in [4.78, 5) is 10.1. The summed E-state index contributed by atoms with van der Waals surface area (Å²) < 4.78 is 3.49. The van der Waals surface area contributed by atoms with Crippen molar-refractivity contribution in [1.82, 2.24) is 9.59 Å². The van der Waals surface area contributed by atoms with E-state index in [4.69, 9.17) is 10.2 Å². The lowest BCUT2D eigenvalue weighted by Crippen LogP contribution is -2.05. The first kappa shape index (κ1) is 8.09. The Balaban J connectivity index is 2.56. The summed E-state index contributed by atoms with van der Waals surface area (Å²) in [5.41, 5.74) is 0.317. The van der Waals surface area contributed by atoms with Crippen LogP contribution in [0.2, 0.25) is 0 Å². The fraction of sp³-hybridized carbons (Fsp3) is 0.400. The van der Waals surface area contributed by atoms with Crippen LogP contribution < -0.4 is 0 Å². The van der Waals surface area contributed by atoms with Crippen molar-refractivity contribution in [3.8, 4) is 0 Å². The van der Waals surface area contributed by atoms with Gasteiger partial charge in [0.1, 0.15) is 11.8 Å². The number of aliphatic hydroxyl groups excluding tert-OH is 1. The molecule has 0 radical (unpaired) electrons. The number of aliphatic hydroxyl groups is 1. The third-order valence-electron chi connectivity index (χ3n) is 1.09. The summed E-state index contributed by atoms with van der Waals surface area (Å²) in [5.74, 6) is -1.05. The molecule has 2 N–H and O–H groups in total. The molecule has 0 aliphatic rings. The lowest BCUT2D eigenvalue weighted by molar-refractivity contribution is -0.139. The summed E-state index contributed by atoms with van der Waals surface area (Å²) in [7, 11) is 0. The highest BCUT2D eigenvalue weighted by atomic mass is 32.1. The van der Waals surface area contributed by atoms with Gasteiger partial charge in [-0.25, -0.2) is 0 Å². The molecule has 1 aromatic rings. The molecule has 0 aliphatic carbocycles. The number of hydrogen-bond acceptors (Lipinski definition) is 5. The molecule has 11 heavy (non-hydrogen) atoms. The maximum absolute atomic E-state index is 10.1. The van der Waals surface area contributed by atoms with Gasteiger partial charge in [-0.2, -0.15) is 0 Å². The second-order valence-electron chi connectivity index (χ2n) is 1.94. The smallest absolute Gasteiger partial charge is 0.306 e. The molecule has 1 rings (SSSR count). The molecule has 0 bridgehead atoms. The van der Waals surface area contributed by atoms with Crippen LogP contribution in [0.25, 0.3) is 0 Å². The molecule has 1 heterocycles. The largest absolute Gasteiger partial charge is 0.481 e. The van der Waals surface area contributed by atoms with Crippen LogP contribution >= 0.6 is 11.5 Å². The fourth-order valence-corrected chi connectivity index (χ4v) is 1.09. The van der Waals surface area contributed by atoms with Crippen molar-refractivity contribution in [1.29, 1.82) is 0 Å². The molecule has 1 atom stereocenters. The first-order valence-corrected chi connectivity index (χ1v) is 3.70. The normalized spacial score (nSPS) is 12.8. The van der Waals surface area contributed by atoms with Crippen molar-refractivity contribution in [2.45, 2.75) is 12.5 Å². The third-order valence-corrected chi connectivity index (χ3v) is 1.61. The Bertz CT molecular complexity index is 236. The highest BCUT2D eigenvalue weighted by Crippen LogP contribution is 2.13. The van der Waals surface area contributed by atoms with Gasteiger partial charge in [0.05, 0.1) is 6.42 Å². The van der Waals surface area contributed by atoms with E-state index in [9.17, 15) is 4.79 Å². The average Bonchev–Trinajstić information content (AvgIpc) is 2.35. The van der Waals surface area contributed by atoms with Crippen molar-refractivity contribution in [3.63, 3.8) is 0 Å². The van der Waals surface area contributed by atoms with Gasteiger partial charge in [-0.05, 0) is 11.5 Å². The van der Waals surface area contributed by atoms with Gasteiger partial charge in [0.25, 0.3) is 0 Å². The Kier molecular flexibility index (Phi) is 2.50. The molecule has 0 unspecified atom stereocenters. The summed E-state index contributed by atoms with van der Waals surface area (Å²) in [6, 6.07) is 0. The first-order chi connectivity index (χ1) is 5.20. The zero-order valence-electron chi connectivity index (χ0n) is 5.47. The summed E-state index contributed by atoms with van der Waals surface area (Å²) >= 11 is 1.08. The highest BCUT2D eigenvalue weighted by molar-refractivity contribution is 7.03. The van der Waals surface area contributed by atoms with Crippen LogP contribution in [0.3, 0.4) is 0 Å². The van der Waals surface area contributed by atoms with Crippen molar-refractivity contribution < 1.29 is 15.0 Å². The second kappa shape index (κ2) is 3.40. The summed E-state index contributed by atoms with van der Waals surface area (Å²) in [5, 5.41) is 22.4. The molecule has 60 valence electrons. The van der Waals surface area contributed by atoms with Gasteiger partial charge in [0, 0.05) is 5.38 Å². The van der Waals surface area contributed by atoms with E-state index in [1.807, 2.05) is 0 Å². The quantitative estimate of drug-likeness (QED) is 0.676. The highest BCUT2D eigenvalue weighted by Gasteiger charge is 2.13. The lowest BCUT2D eigenvalue weighted by atomic mass is 10.2. The van der Waals surface area contributed by atoms with Crippen LogP contribution in [0.1, 0.15) is 18.2 Å². The van der Waals surface area contributed by atoms with E-state index in [2.05, 4.69) is 9.59 Å². The molecule has 6 heteroatoms. The lowest BCUT2D eigenvalue weighted by Gasteiger charge is -2.00. The van der Waals surface area contributed by atoms with Gasteiger partial charge in [-0.1, -0.05) is 4.49 Å². The van der Waals surface area contributed by atoms with E-state index in [0.29, 0.717) is 5.69 Å². The predicted molar refractivity (Wildman–Crippen MR) is 37.1 cm³/mol. The summed E-state index contributed by atoms with van der Waals surface area (Å²) in [6.45, 7) is 0. The Hall–Kier alpha value is -1.01. The minimum Gasteiger partial charge on any atom is -0.481 e. The number of aliphatic carboxylic acids is 1. The van der Waals surface area contributed by atoms with Gasteiger partial charge in [0.15, 0.2) is 0 Å². The molecule has 0 aliphatic heterocycles. The molecule has 1 aromatic heterocycles. The fourth-order valence-electron chi connectivity index (χ4n) is 0.587.